The lowest BCUT2D eigenvalue weighted by molar-refractivity contribution is -0.153. The summed E-state index contributed by atoms with van der Waals surface area (Å²) in [6.07, 6.45) is 4.64. The van der Waals surface area contributed by atoms with Gasteiger partial charge in [-0.05, 0) is 37.5 Å². The van der Waals surface area contributed by atoms with E-state index in [9.17, 15) is 14.4 Å². The van der Waals surface area contributed by atoms with Crippen LogP contribution in [0.1, 0.15) is 38.3 Å². The maximum atomic E-state index is 13.6. The lowest BCUT2D eigenvalue weighted by Gasteiger charge is -2.46. The molecular formula is C25H26N8O3S. The Balaban J connectivity index is 1.32. The van der Waals surface area contributed by atoms with Crippen molar-refractivity contribution in [1.29, 1.82) is 0 Å². The van der Waals surface area contributed by atoms with Gasteiger partial charge in [0.15, 0.2) is 0 Å². The van der Waals surface area contributed by atoms with Crippen molar-refractivity contribution in [2.45, 2.75) is 38.8 Å². The highest BCUT2D eigenvalue weighted by atomic mass is 32.1. The van der Waals surface area contributed by atoms with Gasteiger partial charge < -0.3 is 20.9 Å². The van der Waals surface area contributed by atoms with E-state index < -0.39 is 17.9 Å². The van der Waals surface area contributed by atoms with E-state index in [0.717, 1.165) is 28.6 Å². The zero-order chi connectivity index (χ0) is 25.9. The minimum atomic E-state index is -0.802. The van der Waals surface area contributed by atoms with Gasteiger partial charge in [0.25, 0.3) is 0 Å². The molecule has 37 heavy (non-hydrogen) atoms. The molecule has 1 aromatic carbocycles. The minimum absolute atomic E-state index is 0.103. The van der Waals surface area contributed by atoms with Crippen LogP contribution in [0.15, 0.2) is 36.1 Å². The second-order valence-corrected chi connectivity index (χ2v) is 11.0. The fourth-order valence-electron chi connectivity index (χ4n) is 4.95. The van der Waals surface area contributed by atoms with E-state index >= 15 is 0 Å². The predicted octanol–water partition coefficient (Wildman–Crippen LogP) is 2.69. The zero-order valence-corrected chi connectivity index (χ0v) is 21.2. The highest BCUT2D eigenvalue weighted by Crippen LogP contribution is 2.47. The molecule has 190 valence electrons. The number of pyridine rings is 1. The molecule has 0 radical (unpaired) electrons. The number of H-pyrrole nitrogens is 1. The topological polar surface area (TPSA) is 150 Å². The van der Waals surface area contributed by atoms with Gasteiger partial charge in [0.1, 0.15) is 5.82 Å². The van der Waals surface area contributed by atoms with E-state index in [1.54, 1.807) is 10.4 Å². The number of anilines is 2. The maximum Gasteiger partial charge on any atom is 0.314 e. The van der Waals surface area contributed by atoms with Crippen LogP contribution in [0.2, 0.25) is 0 Å². The zero-order valence-electron chi connectivity index (χ0n) is 20.4. The van der Waals surface area contributed by atoms with Crippen LogP contribution in [0.3, 0.4) is 0 Å². The van der Waals surface area contributed by atoms with Gasteiger partial charge in [0.2, 0.25) is 5.91 Å². The van der Waals surface area contributed by atoms with Crippen LogP contribution < -0.4 is 11.1 Å². The van der Waals surface area contributed by atoms with Crippen LogP contribution in [-0.2, 0) is 14.4 Å². The Labute approximate surface area is 216 Å². The first-order valence-electron chi connectivity index (χ1n) is 12.1. The summed E-state index contributed by atoms with van der Waals surface area (Å²) in [5.41, 5.74) is 9.77. The molecule has 2 aliphatic rings. The highest BCUT2D eigenvalue weighted by Gasteiger charge is 2.50. The smallest absolute Gasteiger partial charge is 0.314 e. The third-order valence-electron chi connectivity index (χ3n) is 7.48. The molecule has 1 saturated carbocycles. The number of rotatable bonds is 3. The average Bonchev–Trinajstić information content (AvgIpc) is 3.26. The van der Waals surface area contributed by atoms with Gasteiger partial charge in [-0.2, -0.15) is 5.10 Å². The first kappa shape index (κ1) is 23.3. The molecule has 0 bridgehead atoms. The van der Waals surface area contributed by atoms with E-state index in [1.165, 1.54) is 23.7 Å². The number of benzene rings is 1. The average molecular weight is 519 g/mol. The van der Waals surface area contributed by atoms with E-state index in [1.807, 2.05) is 36.9 Å². The van der Waals surface area contributed by atoms with Gasteiger partial charge in [-0.1, -0.05) is 13.0 Å². The van der Waals surface area contributed by atoms with Crippen molar-refractivity contribution < 1.29 is 14.4 Å². The quantitative estimate of drug-likeness (QED) is 0.353. The van der Waals surface area contributed by atoms with Gasteiger partial charge >= 0.3 is 11.8 Å². The summed E-state index contributed by atoms with van der Waals surface area (Å²) in [5, 5.41) is 9.97. The van der Waals surface area contributed by atoms with E-state index in [0.29, 0.717) is 23.1 Å². The Morgan fingerprint density at radius 3 is 2.76 bits per heavy atom. The van der Waals surface area contributed by atoms with Crippen molar-refractivity contribution in [1.82, 2.24) is 30.0 Å². The van der Waals surface area contributed by atoms with Crippen molar-refractivity contribution in [2.75, 3.05) is 24.1 Å². The number of aromatic amines is 1. The summed E-state index contributed by atoms with van der Waals surface area (Å²) in [4.78, 5) is 52.1. The first-order valence-corrected chi connectivity index (χ1v) is 13.0. The Morgan fingerprint density at radius 2 is 1.97 bits per heavy atom. The van der Waals surface area contributed by atoms with E-state index in [2.05, 4.69) is 25.5 Å². The predicted molar refractivity (Wildman–Crippen MR) is 140 cm³/mol. The molecule has 0 spiro atoms. The SMILES string of the molecule is C[C@@H]1CN(C(=O)C(=O)Nc2cnc(N)c3cn[nH]c23)[C@@H](c2ccc3scnc3c2)CN1C(=O)C1(C)CC1. The van der Waals surface area contributed by atoms with Gasteiger partial charge in [-0.15, -0.1) is 11.3 Å². The molecule has 3 amide bonds. The third kappa shape index (κ3) is 3.97. The molecule has 6 rings (SSSR count). The lowest BCUT2D eigenvalue weighted by Crippen LogP contribution is -2.59. The largest absolute Gasteiger partial charge is 0.383 e. The van der Waals surface area contributed by atoms with E-state index in [-0.39, 0.29) is 29.7 Å². The number of nitrogen functional groups attached to an aromatic ring is 1. The number of nitrogens with zero attached hydrogens (tertiary/aromatic N) is 5. The molecule has 1 aliphatic carbocycles. The Kier molecular flexibility index (Phi) is 5.37. The Morgan fingerprint density at radius 1 is 1.16 bits per heavy atom. The number of thiazole rings is 1. The molecule has 0 unspecified atom stereocenters. The summed E-state index contributed by atoms with van der Waals surface area (Å²) in [7, 11) is 0. The number of hydrogen-bond donors (Lipinski definition) is 3. The molecule has 12 heteroatoms. The molecule has 2 fully saturated rings. The summed E-state index contributed by atoms with van der Waals surface area (Å²) in [5.74, 6) is -1.12. The maximum absolute atomic E-state index is 13.6. The van der Waals surface area contributed by atoms with Crippen molar-refractivity contribution in [3.63, 3.8) is 0 Å². The number of aromatic nitrogens is 4. The fraction of sp³-hybridized carbons (Fsp3) is 0.360. The summed E-state index contributed by atoms with van der Waals surface area (Å²) < 4.78 is 1.03. The molecular weight excluding hydrogens is 492 g/mol. The molecule has 11 nitrogen and oxygen atoms in total. The Hall–Kier alpha value is -4.06. The van der Waals surface area contributed by atoms with Crippen molar-refractivity contribution >= 4 is 61.7 Å². The number of amides is 3. The van der Waals surface area contributed by atoms with Gasteiger partial charge in [-0.3, -0.25) is 19.5 Å². The van der Waals surface area contributed by atoms with Gasteiger partial charge in [-0.25, -0.2) is 9.97 Å². The molecule has 3 aromatic heterocycles. The molecule has 4 aromatic rings. The van der Waals surface area contributed by atoms with Gasteiger partial charge in [0.05, 0.1) is 50.8 Å². The van der Waals surface area contributed by atoms with Crippen LogP contribution in [-0.4, -0.2) is 66.8 Å². The summed E-state index contributed by atoms with van der Waals surface area (Å²) in [6.45, 7) is 4.44. The number of nitrogens with one attached hydrogen (secondary N) is 2. The number of nitrogens with two attached hydrogens (primary N) is 1. The molecule has 1 aliphatic heterocycles. The van der Waals surface area contributed by atoms with Gasteiger partial charge in [0, 0.05) is 24.5 Å². The number of fused-ring (bicyclic) bond motifs is 2. The van der Waals surface area contributed by atoms with E-state index in [4.69, 9.17) is 5.73 Å². The molecule has 1 saturated heterocycles. The monoisotopic (exact) mass is 518 g/mol. The van der Waals surface area contributed by atoms with Crippen LogP contribution in [0.25, 0.3) is 21.1 Å². The number of carbonyl (C=O) groups excluding carboxylic acids is 3. The fourth-order valence-corrected chi connectivity index (χ4v) is 5.61. The standard InChI is InChI=1S/C25H26N8O3S/c1-13-10-33(23(35)22(34)30-17-9-27-21(26)15-8-29-31-20(15)17)18(11-32(13)24(36)25(2)5-6-25)14-3-4-19-16(7-14)28-12-37-19/h3-4,7-9,12-13,18H,5-6,10-11H2,1-2H3,(H2,26,27)(H,29,31)(H,30,34)/t13-,18-/m1/s1. The Bertz CT molecular complexity index is 1560. The number of hydrogen-bond acceptors (Lipinski definition) is 8. The number of piperazine rings is 1. The second-order valence-electron chi connectivity index (χ2n) is 10.1. The highest BCUT2D eigenvalue weighted by molar-refractivity contribution is 7.16. The molecule has 4 heterocycles. The molecule has 2 atom stereocenters. The van der Waals surface area contributed by atoms with Crippen LogP contribution >= 0.6 is 11.3 Å². The third-order valence-corrected chi connectivity index (χ3v) is 8.29. The summed E-state index contributed by atoms with van der Waals surface area (Å²) in [6, 6.07) is 5.11. The first-order chi connectivity index (χ1) is 17.7. The van der Waals surface area contributed by atoms with Crippen LogP contribution in [0, 0.1) is 5.41 Å². The van der Waals surface area contributed by atoms with Crippen LogP contribution in [0.4, 0.5) is 11.5 Å². The van der Waals surface area contributed by atoms with Crippen molar-refractivity contribution in [3.05, 3.63) is 41.7 Å². The minimum Gasteiger partial charge on any atom is -0.383 e. The number of carbonyl (C=O) groups is 3. The lowest BCUT2D eigenvalue weighted by atomic mass is 9.97. The molecule has 4 N–H and O–H groups in total. The van der Waals surface area contributed by atoms with Crippen molar-refractivity contribution in [2.24, 2.45) is 5.41 Å². The normalized spacial score (nSPS) is 20.8. The van der Waals surface area contributed by atoms with Crippen LogP contribution in [0.5, 0.6) is 0 Å². The van der Waals surface area contributed by atoms with Crippen molar-refractivity contribution in [3.8, 4) is 0 Å². The second kappa shape index (κ2) is 8.51. The summed E-state index contributed by atoms with van der Waals surface area (Å²) >= 11 is 1.53.